The van der Waals surface area contributed by atoms with Gasteiger partial charge in [0, 0.05) is 31.8 Å². The molecule has 0 amide bonds. The summed E-state index contributed by atoms with van der Waals surface area (Å²) in [5, 5.41) is 12.9. The molecule has 2 aliphatic rings. The molecule has 4 rings (SSSR count). The molecule has 1 N–H and O–H groups in total. The summed E-state index contributed by atoms with van der Waals surface area (Å²) >= 11 is 0. The molecule has 4 heteroatoms. The molecule has 0 saturated carbocycles. The summed E-state index contributed by atoms with van der Waals surface area (Å²) in [5.74, 6) is 0.952. The lowest BCUT2D eigenvalue weighted by atomic mass is 9.82. The first-order valence-electron chi connectivity index (χ1n) is 9.31. The van der Waals surface area contributed by atoms with Crippen molar-refractivity contribution in [2.24, 2.45) is 0 Å². The second-order valence-electron chi connectivity index (χ2n) is 7.31. The van der Waals surface area contributed by atoms with E-state index in [1.54, 1.807) is 7.11 Å². The zero-order valence-corrected chi connectivity index (χ0v) is 14.9. The van der Waals surface area contributed by atoms with Crippen LogP contribution in [0.5, 0.6) is 5.75 Å². The van der Waals surface area contributed by atoms with E-state index in [-0.39, 0.29) is 11.7 Å². The molecule has 1 spiro atoms. The number of hydrogen-bond donors (Lipinski definition) is 1. The lowest BCUT2D eigenvalue weighted by Crippen LogP contribution is -2.55. The summed E-state index contributed by atoms with van der Waals surface area (Å²) in [6.07, 6.45) is 3.34. The van der Waals surface area contributed by atoms with Gasteiger partial charge in [-0.2, -0.15) is 0 Å². The van der Waals surface area contributed by atoms with Gasteiger partial charge in [0.2, 0.25) is 0 Å². The molecular weight excluding hydrogens is 314 g/mol. The van der Waals surface area contributed by atoms with Crippen molar-refractivity contribution in [1.29, 1.82) is 0 Å². The Morgan fingerprint density at radius 3 is 2.76 bits per heavy atom. The van der Waals surface area contributed by atoms with Crippen molar-refractivity contribution in [2.45, 2.75) is 43.9 Å². The number of aliphatic hydroxyl groups excluding tert-OH is 1. The number of nitrogens with zero attached hydrogens (tertiary/aromatic N) is 1. The van der Waals surface area contributed by atoms with Crippen molar-refractivity contribution >= 4 is 10.8 Å². The Balaban J connectivity index is 1.53. The third-order valence-corrected chi connectivity index (χ3v) is 5.92. The number of fused-ring (bicyclic) bond motifs is 1. The third kappa shape index (κ3) is 3.14. The Morgan fingerprint density at radius 1 is 1.20 bits per heavy atom. The number of piperidine rings is 1. The summed E-state index contributed by atoms with van der Waals surface area (Å²) in [6, 6.07) is 12.7. The standard InChI is InChI=1S/C21H27NO3/c1-24-19-9-8-16-5-2-3-6-17(16)18(19)15-22-12-10-21(11-13-22)20(23)7-4-14-25-21/h2-3,5-6,8-9,20,23H,4,7,10-15H2,1H3/t20-/m0/s1. The molecule has 25 heavy (non-hydrogen) atoms. The van der Waals surface area contributed by atoms with E-state index in [9.17, 15) is 5.11 Å². The van der Waals surface area contributed by atoms with Gasteiger partial charge in [-0.15, -0.1) is 0 Å². The van der Waals surface area contributed by atoms with Gasteiger partial charge in [0.25, 0.3) is 0 Å². The Bertz CT molecular complexity index is 737. The first-order valence-corrected chi connectivity index (χ1v) is 9.31. The van der Waals surface area contributed by atoms with Gasteiger partial charge in [-0.05, 0) is 42.5 Å². The lowest BCUT2D eigenvalue weighted by molar-refractivity contribution is -0.177. The fourth-order valence-electron chi connectivity index (χ4n) is 4.37. The molecule has 2 aromatic carbocycles. The second-order valence-corrected chi connectivity index (χ2v) is 7.31. The molecule has 2 aromatic rings. The van der Waals surface area contributed by atoms with E-state index in [2.05, 4.69) is 41.3 Å². The average Bonchev–Trinajstić information content (AvgIpc) is 2.66. The molecule has 0 aromatic heterocycles. The first kappa shape index (κ1) is 16.8. The van der Waals surface area contributed by atoms with Gasteiger partial charge in [0.05, 0.1) is 18.8 Å². The topological polar surface area (TPSA) is 41.9 Å². The minimum atomic E-state index is -0.310. The highest BCUT2D eigenvalue weighted by atomic mass is 16.5. The van der Waals surface area contributed by atoms with Gasteiger partial charge in [-0.25, -0.2) is 0 Å². The fourth-order valence-corrected chi connectivity index (χ4v) is 4.37. The van der Waals surface area contributed by atoms with Crippen LogP contribution in [-0.2, 0) is 11.3 Å². The van der Waals surface area contributed by atoms with Gasteiger partial charge in [0.15, 0.2) is 0 Å². The summed E-state index contributed by atoms with van der Waals surface area (Å²) < 4.78 is 11.7. The third-order valence-electron chi connectivity index (χ3n) is 5.92. The Kier molecular flexibility index (Phi) is 4.67. The van der Waals surface area contributed by atoms with E-state index in [1.165, 1.54) is 16.3 Å². The van der Waals surface area contributed by atoms with E-state index in [1.807, 2.05) is 0 Å². The van der Waals surface area contributed by atoms with Crippen LogP contribution >= 0.6 is 0 Å². The van der Waals surface area contributed by atoms with Crippen LogP contribution in [-0.4, -0.2) is 48.5 Å². The zero-order chi connectivity index (χ0) is 17.3. The Morgan fingerprint density at radius 2 is 2.00 bits per heavy atom. The van der Waals surface area contributed by atoms with E-state index in [0.29, 0.717) is 0 Å². The highest BCUT2D eigenvalue weighted by Crippen LogP contribution is 2.37. The molecule has 0 radical (unpaired) electrons. The molecule has 2 fully saturated rings. The maximum atomic E-state index is 10.4. The number of likely N-dealkylation sites (tertiary alicyclic amines) is 1. The summed E-state index contributed by atoms with van der Waals surface area (Å²) in [4.78, 5) is 2.46. The molecule has 4 nitrogen and oxygen atoms in total. The smallest absolute Gasteiger partial charge is 0.123 e. The summed E-state index contributed by atoms with van der Waals surface area (Å²) in [5.41, 5.74) is 0.944. The second kappa shape index (κ2) is 6.94. The van der Waals surface area contributed by atoms with E-state index < -0.39 is 0 Å². The Labute approximate surface area is 149 Å². The maximum Gasteiger partial charge on any atom is 0.123 e. The molecule has 0 bridgehead atoms. The van der Waals surface area contributed by atoms with E-state index >= 15 is 0 Å². The van der Waals surface area contributed by atoms with Gasteiger partial charge in [0.1, 0.15) is 5.75 Å². The Hall–Kier alpha value is -1.62. The zero-order valence-electron chi connectivity index (χ0n) is 14.9. The van der Waals surface area contributed by atoms with Crippen LogP contribution < -0.4 is 4.74 Å². The van der Waals surface area contributed by atoms with Crippen LogP contribution in [0.25, 0.3) is 10.8 Å². The van der Waals surface area contributed by atoms with Crippen molar-refractivity contribution in [3.63, 3.8) is 0 Å². The number of ether oxygens (including phenoxy) is 2. The van der Waals surface area contributed by atoms with Crippen LogP contribution in [0.1, 0.15) is 31.2 Å². The fraction of sp³-hybridized carbons (Fsp3) is 0.524. The molecule has 2 saturated heterocycles. The van der Waals surface area contributed by atoms with Crippen molar-refractivity contribution in [3.8, 4) is 5.75 Å². The van der Waals surface area contributed by atoms with Crippen LogP contribution in [0.4, 0.5) is 0 Å². The number of aliphatic hydroxyl groups is 1. The van der Waals surface area contributed by atoms with Crippen molar-refractivity contribution in [3.05, 3.63) is 42.0 Å². The minimum absolute atomic E-state index is 0.308. The number of rotatable bonds is 3. The highest BCUT2D eigenvalue weighted by molar-refractivity contribution is 5.87. The van der Waals surface area contributed by atoms with Gasteiger partial charge < -0.3 is 14.6 Å². The summed E-state index contributed by atoms with van der Waals surface area (Å²) in [6.45, 7) is 3.55. The van der Waals surface area contributed by atoms with Gasteiger partial charge >= 0.3 is 0 Å². The number of benzene rings is 2. The molecule has 0 aliphatic carbocycles. The maximum absolute atomic E-state index is 10.4. The predicted octanol–water partition coefficient (Wildman–Crippen LogP) is 3.35. The lowest BCUT2D eigenvalue weighted by Gasteiger charge is -2.46. The largest absolute Gasteiger partial charge is 0.496 e. The summed E-state index contributed by atoms with van der Waals surface area (Å²) in [7, 11) is 1.74. The quantitative estimate of drug-likeness (QED) is 0.930. The van der Waals surface area contributed by atoms with E-state index in [0.717, 1.165) is 57.7 Å². The SMILES string of the molecule is COc1ccc2ccccc2c1CN1CCC2(CC1)OCCC[C@@H]2O. The van der Waals surface area contributed by atoms with Crippen LogP contribution in [0.15, 0.2) is 36.4 Å². The molecule has 1 atom stereocenters. The first-order chi connectivity index (χ1) is 12.2. The van der Waals surface area contributed by atoms with Crippen molar-refractivity contribution < 1.29 is 14.6 Å². The molecular formula is C21H27NO3. The van der Waals surface area contributed by atoms with Crippen LogP contribution in [0.3, 0.4) is 0 Å². The molecule has 0 unspecified atom stereocenters. The van der Waals surface area contributed by atoms with E-state index in [4.69, 9.17) is 9.47 Å². The van der Waals surface area contributed by atoms with Gasteiger partial charge in [-0.1, -0.05) is 30.3 Å². The number of methoxy groups -OCH3 is 1. The van der Waals surface area contributed by atoms with Gasteiger partial charge in [-0.3, -0.25) is 4.90 Å². The predicted molar refractivity (Wildman–Crippen MR) is 98.9 cm³/mol. The van der Waals surface area contributed by atoms with Crippen LogP contribution in [0.2, 0.25) is 0 Å². The number of hydrogen-bond acceptors (Lipinski definition) is 4. The molecule has 134 valence electrons. The average molecular weight is 341 g/mol. The molecule has 2 heterocycles. The minimum Gasteiger partial charge on any atom is -0.496 e. The van der Waals surface area contributed by atoms with Crippen molar-refractivity contribution in [2.75, 3.05) is 26.8 Å². The van der Waals surface area contributed by atoms with Crippen LogP contribution in [0, 0.1) is 0 Å². The molecule has 2 aliphatic heterocycles. The monoisotopic (exact) mass is 341 g/mol. The van der Waals surface area contributed by atoms with Crippen molar-refractivity contribution in [1.82, 2.24) is 4.90 Å². The normalized spacial score (nSPS) is 23.8. The highest BCUT2D eigenvalue weighted by Gasteiger charge is 2.43.